The molecule has 1 heterocycles. The summed E-state index contributed by atoms with van der Waals surface area (Å²) in [4.78, 5) is 43.3. The van der Waals surface area contributed by atoms with E-state index in [2.05, 4.69) is 16.9 Å². The lowest BCUT2D eigenvalue weighted by molar-refractivity contribution is -0.127. The molecule has 31 heavy (non-hydrogen) atoms. The molecule has 6 nitrogen and oxygen atoms in total. The predicted molar refractivity (Wildman–Crippen MR) is 126 cm³/mol. The van der Waals surface area contributed by atoms with Crippen molar-refractivity contribution >= 4 is 45.9 Å². The number of thioether (sulfide) groups is 1. The maximum Gasteiger partial charge on any atom is 0.242 e. The molecular weight excluding hydrogens is 410 g/mol. The largest absolute Gasteiger partial charge is 0.326 e. The molecule has 0 saturated carbocycles. The van der Waals surface area contributed by atoms with Crippen LogP contribution in [0, 0.1) is 13.8 Å². The first-order valence-corrected chi connectivity index (χ1v) is 10.8. The molecular formula is C24H25N3O3S. The summed E-state index contributed by atoms with van der Waals surface area (Å²) in [6, 6.07) is 12.7. The van der Waals surface area contributed by atoms with Gasteiger partial charge in [-0.15, -0.1) is 6.58 Å². The van der Waals surface area contributed by atoms with Gasteiger partial charge < -0.3 is 5.32 Å². The average Bonchev–Trinajstić information content (AvgIpc) is 2.99. The fraction of sp³-hybridized carbons (Fsp3) is 0.250. The van der Waals surface area contributed by atoms with Gasteiger partial charge in [0, 0.05) is 24.2 Å². The molecule has 1 atom stereocenters. The zero-order chi connectivity index (χ0) is 22.5. The number of amidine groups is 1. The van der Waals surface area contributed by atoms with Crippen molar-refractivity contribution < 1.29 is 14.4 Å². The topological polar surface area (TPSA) is 78.8 Å². The molecule has 0 spiro atoms. The summed E-state index contributed by atoms with van der Waals surface area (Å²) in [6.07, 6.45) is 1.66. The van der Waals surface area contributed by atoms with E-state index in [-0.39, 0.29) is 24.0 Å². The van der Waals surface area contributed by atoms with E-state index in [1.165, 1.54) is 23.6 Å². The van der Waals surface area contributed by atoms with Gasteiger partial charge >= 0.3 is 0 Å². The minimum atomic E-state index is -0.569. The highest BCUT2D eigenvalue weighted by molar-refractivity contribution is 8.15. The fourth-order valence-corrected chi connectivity index (χ4v) is 4.42. The molecule has 0 bridgehead atoms. The number of anilines is 1. The molecule has 7 heteroatoms. The van der Waals surface area contributed by atoms with Gasteiger partial charge in [0.2, 0.25) is 11.8 Å². The number of Topliss-reactive ketones (excluding diaryl/α,β-unsaturated/α-hetero) is 1. The Morgan fingerprint density at radius 3 is 2.68 bits per heavy atom. The summed E-state index contributed by atoms with van der Waals surface area (Å²) in [5, 5.41) is 2.82. The Morgan fingerprint density at radius 2 is 2.00 bits per heavy atom. The van der Waals surface area contributed by atoms with Gasteiger partial charge in [-0.25, -0.2) is 4.99 Å². The molecule has 1 aliphatic heterocycles. The molecule has 2 aromatic carbocycles. The number of hydrogen-bond acceptors (Lipinski definition) is 5. The number of carbonyl (C=O) groups is 3. The zero-order valence-corrected chi connectivity index (χ0v) is 18.7. The van der Waals surface area contributed by atoms with Crippen LogP contribution in [0.1, 0.15) is 34.8 Å². The van der Waals surface area contributed by atoms with Crippen molar-refractivity contribution in [2.75, 3.05) is 11.9 Å². The molecule has 1 fully saturated rings. The number of ketones is 1. The minimum absolute atomic E-state index is 0.0387. The maximum atomic E-state index is 12.9. The van der Waals surface area contributed by atoms with Crippen LogP contribution in [-0.4, -0.2) is 39.5 Å². The van der Waals surface area contributed by atoms with E-state index >= 15 is 0 Å². The number of aryl methyl sites for hydroxylation is 2. The third-order valence-electron chi connectivity index (χ3n) is 4.84. The Balaban J connectivity index is 1.77. The standard InChI is InChI=1S/C24H25N3O3S/c1-5-11-27-23(30)21(14-22(29)26-20-10-9-15(2)12-16(20)3)31-24(27)25-19-8-6-7-18(13-19)17(4)28/h5-10,12-13,21H,1,11,14H2,2-4H3,(H,26,29)/t21-/m1/s1. The molecule has 160 valence electrons. The van der Waals surface area contributed by atoms with Crippen molar-refractivity contribution in [2.24, 2.45) is 4.99 Å². The van der Waals surface area contributed by atoms with Crippen LogP contribution in [0.2, 0.25) is 0 Å². The van der Waals surface area contributed by atoms with Gasteiger partial charge in [0.15, 0.2) is 11.0 Å². The van der Waals surface area contributed by atoms with Gasteiger partial charge in [-0.3, -0.25) is 19.3 Å². The summed E-state index contributed by atoms with van der Waals surface area (Å²) in [6.45, 7) is 9.43. The lowest BCUT2D eigenvalue weighted by Gasteiger charge is -2.14. The summed E-state index contributed by atoms with van der Waals surface area (Å²) < 4.78 is 0. The summed E-state index contributed by atoms with van der Waals surface area (Å²) in [5.74, 6) is -0.459. The van der Waals surface area contributed by atoms with Gasteiger partial charge in [-0.05, 0) is 44.5 Å². The monoisotopic (exact) mass is 435 g/mol. The third-order valence-corrected chi connectivity index (χ3v) is 6.01. The van der Waals surface area contributed by atoms with Gasteiger partial charge in [-0.1, -0.05) is 47.7 Å². The molecule has 1 N–H and O–H groups in total. The fourth-order valence-electron chi connectivity index (χ4n) is 3.25. The van der Waals surface area contributed by atoms with Crippen LogP contribution >= 0.6 is 11.8 Å². The van der Waals surface area contributed by atoms with Crippen molar-refractivity contribution in [2.45, 2.75) is 32.4 Å². The van der Waals surface area contributed by atoms with Gasteiger partial charge in [0.05, 0.1) is 5.69 Å². The maximum absolute atomic E-state index is 12.9. The molecule has 0 aliphatic carbocycles. The highest BCUT2D eigenvalue weighted by Gasteiger charge is 2.38. The molecule has 1 saturated heterocycles. The Bertz CT molecular complexity index is 1080. The number of rotatable bonds is 7. The third kappa shape index (κ3) is 5.49. The van der Waals surface area contributed by atoms with Gasteiger partial charge in [0.1, 0.15) is 5.25 Å². The summed E-state index contributed by atoms with van der Waals surface area (Å²) in [5.41, 5.74) is 3.96. The Kier molecular flexibility index (Phi) is 7.07. The van der Waals surface area contributed by atoms with E-state index in [1.54, 1.807) is 30.3 Å². The van der Waals surface area contributed by atoms with Crippen LogP contribution in [0.15, 0.2) is 60.1 Å². The number of amides is 2. The minimum Gasteiger partial charge on any atom is -0.326 e. The van der Waals surface area contributed by atoms with E-state index in [9.17, 15) is 14.4 Å². The van der Waals surface area contributed by atoms with E-state index in [0.29, 0.717) is 23.0 Å². The van der Waals surface area contributed by atoms with Crippen molar-refractivity contribution in [1.29, 1.82) is 0 Å². The molecule has 3 rings (SSSR count). The average molecular weight is 436 g/mol. The van der Waals surface area contributed by atoms with Crippen molar-refractivity contribution in [1.82, 2.24) is 4.90 Å². The smallest absolute Gasteiger partial charge is 0.242 e. The van der Waals surface area contributed by atoms with Crippen molar-refractivity contribution in [3.63, 3.8) is 0 Å². The zero-order valence-electron chi connectivity index (χ0n) is 17.8. The van der Waals surface area contributed by atoms with Crippen LogP contribution in [0.5, 0.6) is 0 Å². The Labute approximate surface area is 186 Å². The highest BCUT2D eigenvalue weighted by Crippen LogP contribution is 2.32. The first kappa shape index (κ1) is 22.5. The van der Waals surface area contributed by atoms with Crippen molar-refractivity contribution in [3.05, 3.63) is 71.8 Å². The number of hydrogen-bond donors (Lipinski definition) is 1. The van der Waals surface area contributed by atoms with Crippen LogP contribution in [0.25, 0.3) is 0 Å². The molecule has 0 unspecified atom stereocenters. The number of nitrogens with one attached hydrogen (secondary N) is 1. The van der Waals surface area contributed by atoms with E-state index < -0.39 is 5.25 Å². The number of carbonyl (C=O) groups excluding carboxylic acids is 3. The SMILES string of the molecule is C=CCN1C(=O)[C@@H](CC(=O)Nc2ccc(C)cc2C)SC1=Nc1cccc(C(C)=O)c1. The van der Waals surface area contributed by atoms with Crippen LogP contribution in [0.4, 0.5) is 11.4 Å². The van der Waals surface area contributed by atoms with E-state index in [1.807, 2.05) is 32.0 Å². The van der Waals surface area contributed by atoms with Crippen LogP contribution in [-0.2, 0) is 9.59 Å². The molecule has 2 amide bonds. The normalized spacial score (nSPS) is 17.1. The molecule has 0 aromatic heterocycles. The van der Waals surface area contributed by atoms with Crippen LogP contribution < -0.4 is 5.32 Å². The molecule has 0 radical (unpaired) electrons. The lowest BCUT2D eigenvalue weighted by atomic mass is 10.1. The molecule has 1 aliphatic rings. The van der Waals surface area contributed by atoms with Gasteiger partial charge in [0.25, 0.3) is 0 Å². The highest BCUT2D eigenvalue weighted by atomic mass is 32.2. The Morgan fingerprint density at radius 1 is 1.23 bits per heavy atom. The summed E-state index contributed by atoms with van der Waals surface area (Å²) in [7, 11) is 0. The first-order chi connectivity index (χ1) is 14.8. The second-order valence-electron chi connectivity index (χ2n) is 7.42. The van der Waals surface area contributed by atoms with Crippen molar-refractivity contribution in [3.8, 4) is 0 Å². The number of benzene rings is 2. The first-order valence-electron chi connectivity index (χ1n) is 9.94. The quantitative estimate of drug-likeness (QED) is 0.507. The van der Waals surface area contributed by atoms with E-state index in [4.69, 9.17) is 0 Å². The second-order valence-corrected chi connectivity index (χ2v) is 8.59. The van der Waals surface area contributed by atoms with Crippen LogP contribution in [0.3, 0.4) is 0 Å². The predicted octanol–water partition coefficient (Wildman–Crippen LogP) is 4.65. The summed E-state index contributed by atoms with van der Waals surface area (Å²) >= 11 is 1.25. The number of aliphatic imine (C=N–C) groups is 1. The van der Waals surface area contributed by atoms with Gasteiger partial charge in [-0.2, -0.15) is 0 Å². The Hall–Kier alpha value is -3.19. The lowest BCUT2D eigenvalue weighted by Crippen LogP contribution is -2.33. The van der Waals surface area contributed by atoms with E-state index in [0.717, 1.165) is 16.8 Å². The second kappa shape index (κ2) is 9.75. The molecule has 2 aromatic rings. The number of nitrogens with zero attached hydrogens (tertiary/aromatic N) is 2.